The lowest BCUT2D eigenvalue weighted by Crippen LogP contribution is -2.24. The molecule has 5 nitrogen and oxygen atoms in total. The van der Waals surface area contributed by atoms with E-state index in [1.165, 1.54) is 0 Å². The first-order valence-corrected chi connectivity index (χ1v) is 4.87. The molecule has 80 valence electrons. The van der Waals surface area contributed by atoms with Crippen LogP contribution in [-0.4, -0.2) is 25.1 Å². The maximum absolute atomic E-state index is 10.6. The van der Waals surface area contributed by atoms with Gasteiger partial charge in [-0.25, -0.2) is 0 Å². The van der Waals surface area contributed by atoms with Crippen molar-refractivity contribution in [3.8, 4) is 0 Å². The highest BCUT2D eigenvalue weighted by atomic mass is 16.6. The molecule has 0 fully saturated rings. The van der Waals surface area contributed by atoms with Crippen LogP contribution in [0.4, 0.5) is 11.4 Å². The molecule has 0 saturated heterocycles. The molecule has 1 N–H and O–H groups in total. The third kappa shape index (κ3) is 1.92. The van der Waals surface area contributed by atoms with Crippen molar-refractivity contribution < 1.29 is 4.92 Å². The lowest BCUT2D eigenvalue weighted by atomic mass is 10.1. The Morgan fingerprint density at radius 1 is 1.53 bits per heavy atom. The van der Waals surface area contributed by atoms with E-state index in [4.69, 9.17) is 0 Å². The van der Waals surface area contributed by atoms with E-state index < -0.39 is 0 Å². The van der Waals surface area contributed by atoms with Crippen LogP contribution in [0.2, 0.25) is 0 Å². The van der Waals surface area contributed by atoms with Crippen LogP contribution in [0.1, 0.15) is 5.56 Å². The van der Waals surface area contributed by atoms with Crippen molar-refractivity contribution in [1.29, 1.82) is 0 Å². The van der Waals surface area contributed by atoms with Crippen LogP contribution < -0.4 is 10.2 Å². The van der Waals surface area contributed by atoms with Crippen LogP contribution in [0.3, 0.4) is 0 Å². The van der Waals surface area contributed by atoms with Crippen LogP contribution >= 0.6 is 0 Å². The van der Waals surface area contributed by atoms with Gasteiger partial charge < -0.3 is 10.2 Å². The number of nitro groups is 1. The van der Waals surface area contributed by atoms with Crippen molar-refractivity contribution in [3.63, 3.8) is 0 Å². The van der Waals surface area contributed by atoms with E-state index >= 15 is 0 Å². The Hall–Kier alpha value is -1.62. The molecule has 0 saturated carbocycles. The Labute approximate surface area is 87.8 Å². The van der Waals surface area contributed by atoms with Crippen molar-refractivity contribution in [3.05, 3.63) is 33.9 Å². The SMILES string of the molecule is CN1CCNCc2cc([N+](=O)[O-])ccc21. The number of hydrogen-bond donors (Lipinski definition) is 1. The topological polar surface area (TPSA) is 58.4 Å². The molecule has 0 spiro atoms. The Morgan fingerprint density at radius 2 is 2.33 bits per heavy atom. The Bertz CT molecular complexity index is 392. The van der Waals surface area contributed by atoms with Crippen molar-refractivity contribution in [1.82, 2.24) is 5.32 Å². The number of anilines is 1. The van der Waals surface area contributed by atoms with Crippen molar-refractivity contribution in [2.75, 3.05) is 25.0 Å². The average molecular weight is 207 g/mol. The highest BCUT2D eigenvalue weighted by Gasteiger charge is 2.15. The average Bonchev–Trinajstić information content (AvgIpc) is 2.40. The lowest BCUT2D eigenvalue weighted by Gasteiger charge is -2.18. The Balaban J connectivity index is 2.42. The summed E-state index contributed by atoms with van der Waals surface area (Å²) in [5.41, 5.74) is 2.22. The lowest BCUT2D eigenvalue weighted by molar-refractivity contribution is -0.384. The summed E-state index contributed by atoms with van der Waals surface area (Å²) >= 11 is 0. The molecule has 0 amide bonds. The summed E-state index contributed by atoms with van der Waals surface area (Å²) in [5.74, 6) is 0. The number of likely N-dealkylation sites (N-methyl/N-ethyl adjacent to an activating group) is 1. The van der Waals surface area contributed by atoms with Gasteiger partial charge in [-0.3, -0.25) is 10.1 Å². The van der Waals surface area contributed by atoms with E-state index in [-0.39, 0.29) is 10.6 Å². The minimum absolute atomic E-state index is 0.158. The van der Waals surface area contributed by atoms with E-state index in [1.807, 2.05) is 13.1 Å². The summed E-state index contributed by atoms with van der Waals surface area (Å²) in [4.78, 5) is 12.4. The van der Waals surface area contributed by atoms with Gasteiger partial charge in [-0.15, -0.1) is 0 Å². The van der Waals surface area contributed by atoms with Gasteiger partial charge in [0.25, 0.3) is 5.69 Å². The third-order valence-electron chi connectivity index (χ3n) is 2.62. The largest absolute Gasteiger partial charge is 0.373 e. The van der Waals surface area contributed by atoms with E-state index in [9.17, 15) is 10.1 Å². The maximum atomic E-state index is 10.6. The minimum atomic E-state index is -0.356. The molecule has 0 unspecified atom stereocenters. The predicted octanol–water partition coefficient (Wildman–Crippen LogP) is 1.13. The van der Waals surface area contributed by atoms with Gasteiger partial charge in [0, 0.05) is 44.5 Å². The normalized spacial score (nSPS) is 15.7. The highest BCUT2D eigenvalue weighted by molar-refractivity contribution is 5.58. The Morgan fingerprint density at radius 3 is 3.07 bits per heavy atom. The first-order valence-electron chi connectivity index (χ1n) is 4.87. The second-order valence-electron chi connectivity index (χ2n) is 3.67. The molecule has 0 bridgehead atoms. The molecule has 1 aromatic rings. The number of hydrogen-bond acceptors (Lipinski definition) is 4. The monoisotopic (exact) mass is 207 g/mol. The molecule has 1 aliphatic heterocycles. The molecule has 0 aromatic heterocycles. The summed E-state index contributed by atoms with van der Waals surface area (Å²) in [6.07, 6.45) is 0. The smallest absolute Gasteiger partial charge is 0.269 e. The highest BCUT2D eigenvalue weighted by Crippen LogP contribution is 2.25. The first kappa shape index (κ1) is 9.92. The zero-order valence-electron chi connectivity index (χ0n) is 8.56. The van der Waals surface area contributed by atoms with Gasteiger partial charge in [0.05, 0.1) is 4.92 Å². The van der Waals surface area contributed by atoms with Crippen LogP contribution in [0, 0.1) is 10.1 Å². The molecule has 15 heavy (non-hydrogen) atoms. The second kappa shape index (κ2) is 3.86. The number of rotatable bonds is 1. The number of benzene rings is 1. The summed E-state index contributed by atoms with van der Waals surface area (Å²) in [7, 11) is 2.00. The quantitative estimate of drug-likeness (QED) is 0.554. The van der Waals surface area contributed by atoms with Gasteiger partial charge >= 0.3 is 0 Å². The molecule has 5 heteroatoms. The standard InChI is InChI=1S/C10H13N3O2/c1-12-5-4-11-7-8-6-9(13(14)15)2-3-10(8)12/h2-3,6,11H,4-5,7H2,1H3. The molecule has 0 atom stereocenters. The van der Waals surface area contributed by atoms with Crippen LogP contribution in [0.25, 0.3) is 0 Å². The van der Waals surface area contributed by atoms with Crippen LogP contribution in [-0.2, 0) is 6.54 Å². The van der Waals surface area contributed by atoms with Crippen molar-refractivity contribution >= 4 is 11.4 Å². The van der Waals surface area contributed by atoms with Gasteiger partial charge in [0.1, 0.15) is 0 Å². The molecule has 1 aromatic carbocycles. The van der Waals surface area contributed by atoms with E-state index in [0.29, 0.717) is 6.54 Å². The number of fused-ring (bicyclic) bond motifs is 1. The molecular weight excluding hydrogens is 194 g/mol. The van der Waals surface area contributed by atoms with Gasteiger partial charge in [-0.05, 0) is 11.6 Å². The predicted molar refractivity (Wildman–Crippen MR) is 58.1 cm³/mol. The van der Waals surface area contributed by atoms with Gasteiger partial charge in [-0.1, -0.05) is 0 Å². The van der Waals surface area contributed by atoms with Crippen molar-refractivity contribution in [2.24, 2.45) is 0 Å². The van der Waals surface area contributed by atoms with Gasteiger partial charge in [0.2, 0.25) is 0 Å². The number of nitrogens with one attached hydrogen (secondary N) is 1. The fraction of sp³-hybridized carbons (Fsp3) is 0.400. The van der Waals surface area contributed by atoms with E-state index in [0.717, 1.165) is 24.3 Å². The van der Waals surface area contributed by atoms with E-state index in [1.54, 1.807) is 12.1 Å². The van der Waals surface area contributed by atoms with Crippen LogP contribution in [0.5, 0.6) is 0 Å². The summed E-state index contributed by atoms with van der Waals surface area (Å²) in [5, 5.41) is 13.9. The zero-order chi connectivity index (χ0) is 10.8. The van der Waals surface area contributed by atoms with Crippen LogP contribution in [0.15, 0.2) is 18.2 Å². The molecule has 0 aliphatic carbocycles. The van der Waals surface area contributed by atoms with Gasteiger partial charge in [0.15, 0.2) is 0 Å². The fourth-order valence-electron chi connectivity index (χ4n) is 1.79. The summed E-state index contributed by atoms with van der Waals surface area (Å²) < 4.78 is 0. The molecule has 1 aliphatic rings. The minimum Gasteiger partial charge on any atom is -0.373 e. The first-order chi connectivity index (χ1) is 7.18. The number of nitro benzene ring substituents is 1. The summed E-state index contributed by atoms with van der Waals surface area (Å²) in [6.45, 7) is 2.52. The molecular formula is C10H13N3O2. The number of non-ortho nitro benzene ring substituents is 1. The summed E-state index contributed by atoms with van der Waals surface area (Å²) in [6, 6.07) is 5.02. The van der Waals surface area contributed by atoms with E-state index in [2.05, 4.69) is 10.2 Å². The zero-order valence-corrected chi connectivity index (χ0v) is 8.56. The second-order valence-corrected chi connectivity index (χ2v) is 3.67. The molecule has 2 rings (SSSR count). The molecule has 1 heterocycles. The van der Waals surface area contributed by atoms with Crippen molar-refractivity contribution in [2.45, 2.75) is 6.54 Å². The maximum Gasteiger partial charge on any atom is 0.269 e. The van der Waals surface area contributed by atoms with Gasteiger partial charge in [-0.2, -0.15) is 0 Å². The fourth-order valence-corrected chi connectivity index (χ4v) is 1.79. The number of nitrogens with zero attached hydrogens (tertiary/aromatic N) is 2. The third-order valence-corrected chi connectivity index (χ3v) is 2.62. The Kier molecular flexibility index (Phi) is 2.55. The molecule has 0 radical (unpaired) electrons.